The van der Waals surface area contributed by atoms with Crippen LogP contribution in [0.4, 0.5) is 0 Å². The van der Waals surface area contributed by atoms with E-state index in [1.165, 1.54) is 0 Å². The van der Waals surface area contributed by atoms with Gasteiger partial charge in [-0.15, -0.1) is 0 Å². The van der Waals surface area contributed by atoms with Crippen LogP contribution in [0.5, 0.6) is 0 Å². The molecule has 19 heavy (non-hydrogen) atoms. The maximum absolute atomic E-state index is 6.24. The number of ether oxygens (including phenoxy) is 1. The van der Waals surface area contributed by atoms with Crippen LogP contribution >= 0.6 is 0 Å². The van der Waals surface area contributed by atoms with Gasteiger partial charge < -0.3 is 10.5 Å². The van der Waals surface area contributed by atoms with Crippen LogP contribution in [0.3, 0.4) is 0 Å². The highest BCUT2D eigenvalue weighted by atomic mass is 16.5. The molecule has 1 aromatic heterocycles. The lowest BCUT2D eigenvalue weighted by molar-refractivity contribution is 0.0438. The van der Waals surface area contributed by atoms with E-state index >= 15 is 0 Å². The lowest BCUT2D eigenvalue weighted by atomic mass is 9.97. The van der Waals surface area contributed by atoms with Crippen LogP contribution in [0.1, 0.15) is 52.3 Å². The molecule has 110 valence electrons. The van der Waals surface area contributed by atoms with E-state index in [1.807, 2.05) is 0 Å². The van der Waals surface area contributed by atoms with Gasteiger partial charge in [-0.05, 0) is 24.8 Å². The molecule has 2 N–H and O–H groups in total. The smallest absolute Gasteiger partial charge is 0.0748 e. The first-order valence-corrected chi connectivity index (χ1v) is 7.35. The quantitative estimate of drug-likeness (QED) is 0.788. The maximum Gasteiger partial charge on any atom is 0.0748 e. The number of methoxy groups -OCH3 is 1. The Hall–Kier alpha value is -0.870. The van der Waals surface area contributed by atoms with Gasteiger partial charge in [-0.3, -0.25) is 4.68 Å². The van der Waals surface area contributed by atoms with Crippen molar-refractivity contribution in [3.05, 3.63) is 18.0 Å². The van der Waals surface area contributed by atoms with Crippen LogP contribution in [-0.4, -0.2) is 29.0 Å². The van der Waals surface area contributed by atoms with Crippen molar-refractivity contribution in [2.24, 2.45) is 11.7 Å². The fraction of sp³-hybridized carbons (Fsp3) is 0.800. The summed E-state index contributed by atoms with van der Waals surface area (Å²) in [7, 11) is 1.73. The van der Waals surface area contributed by atoms with Crippen LogP contribution in [0.2, 0.25) is 0 Å². The molecule has 2 unspecified atom stereocenters. The van der Waals surface area contributed by atoms with Crippen LogP contribution in [0.25, 0.3) is 0 Å². The van der Waals surface area contributed by atoms with Crippen molar-refractivity contribution in [2.75, 3.05) is 7.11 Å². The molecule has 0 fully saturated rings. The first-order valence-electron chi connectivity index (χ1n) is 7.35. The average Bonchev–Trinajstić information content (AvgIpc) is 2.79. The largest absolute Gasteiger partial charge is 0.380 e. The molecular weight excluding hydrogens is 238 g/mol. The minimum absolute atomic E-state index is 0.00458. The minimum Gasteiger partial charge on any atom is -0.380 e. The molecule has 0 aliphatic rings. The van der Waals surface area contributed by atoms with Gasteiger partial charge in [0.2, 0.25) is 0 Å². The predicted octanol–water partition coefficient (Wildman–Crippen LogP) is 2.79. The zero-order valence-corrected chi connectivity index (χ0v) is 13.0. The normalized spacial score (nSPS) is 15.2. The summed E-state index contributed by atoms with van der Waals surface area (Å²) in [6.45, 7) is 8.66. The zero-order valence-electron chi connectivity index (χ0n) is 13.0. The summed E-state index contributed by atoms with van der Waals surface area (Å²) in [6.07, 6.45) is 5.13. The van der Waals surface area contributed by atoms with Crippen LogP contribution in [0.15, 0.2) is 12.3 Å². The van der Waals surface area contributed by atoms with E-state index in [1.54, 1.807) is 7.11 Å². The number of nitrogens with two attached hydrogens (primary N) is 1. The van der Waals surface area contributed by atoms with E-state index in [4.69, 9.17) is 10.5 Å². The summed E-state index contributed by atoms with van der Waals surface area (Å²) in [5.41, 5.74) is 7.30. The Morgan fingerprint density at radius 2 is 1.95 bits per heavy atom. The number of rotatable bonds is 8. The number of hydrogen-bond acceptors (Lipinski definition) is 3. The van der Waals surface area contributed by atoms with E-state index in [-0.39, 0.29) is 12.1 Å². The van der Waals surface area contributed by atoms with Crippen molar-refractivity contribution in [3.8, 4) is 0 Å². The molecule has 0 amide bonds. The molecule has 0 radical (unpaired) electrons. The summed E-state index contributed by atoms with van der Waals surface area (Å²) in [5, 5.41) is 4.65. The second-order valence-corrected chi connectivity index (χ2v) is 5.57. The number of nitrogens with zero attached hydrogens (tertiary/aromatic N) is 2. The van der Waals surface area contributed by atoms with Gasteiger partial charge in [-0.1, -0.05) is 27.7 Å². The molecule has 0 aliphatic carbocycles. The topological polar surface area (TPSA) is 53.1 Å². The monoisotopic (exact) mass is 267 g/mol. The first kappa shape index (κ1) is 16.2. The van der Waals surface area contributed by atoms with Gasteiger partial charge in [0.15, 0.2) is 0 Å². The Morgan fingerprint density at radius 1 is 1.32 bits per heavy atom. The van der Waals surface area contributed by atoms with E-state index in [0.29, 0.717) is 12.0 Å². The fourth-order valence-corrected chi connectivity index (χ4v) is 2.65. The highest BCUT2D eigenvalue weighted by Gasteiger charge is 2.22. The number of hydrogen-bond donors (Lipinski definition) is 1. The van der Waals surface area contributed by atoms with Gasteiger partial charge in [-0.25, -0.2) is 0 Å². The van der Waals surface area contributed by atoms with E-state index in [0.717, 1.165) is 25.0 Å². The van der Waals surface area contributed by atoms with Crippen molar-refractivity contribution >= 4 is 0 Å². The molecular formula is C15H29N3O. The van der Waals surface area contributed by atoms with Crippen molar-refractivity contribution in [1.29, 1.82) is 0 Å². The molecule has 0 aromatic carbocycles. The highest BCUT2D eigenvalue weighted by Crippen LogP contribution is 2.16. The molecule has 1 heterocycles. The van der Waals surface area contributed by atoms with Crippen LogP contribution < -0.4 is 5.73 Å². The Bertz CT molecular complexity index is 358. The molecule has 0 spiro atoms. The summed E-state index contributed by atoms with van der Waals surface area (Å²) in [5.74, 6) is 0.418. The summed E-state index contributed by atoms with van der Waals surface area (Å²) >= 11 is 0. The first-order chi connectivity index (χ1) is 9.03. The van der Waals surface area contributed by atoms with Gasteiger partial charge in [0.05, 0.1) is 17.8 Å². The molecule has 4 nitrogen and oxygen atoms in total. The van der Waals surface area contributed by atoms with Crippen LogP contribution in [-0.2, 0) is 11.2 Å². The van der Waals surface area contributed by atoms with Gasteiger partial charge in [-0.2, -0.15) is 5.10 Å². The van der Waals surface area contributed by atoms with Crippen molar-refractivity contribution < 1.29 is 4.74 Å². The molecule has 4 heteroatoms. The van der Waals surface area contributed by atoms with Crippen molar-refractivity contribution in [2.45, 2.75) is 65.1 Å². The fourth-order valence-electron chi connectivity index (χ4n) is 2.65. The summed E-state index contributed by atoms with van der Waals surface area (Å²) in [4.78, 5) is 0. The van der Waals surface area contributed by atoms with E-state index < -0.39 is 0 Å². The molecule has 1 rings (SSSR count). The second-order valence-electron chi connectivity index (χ2n) is 5.57. The molecule has 2 atom stereocenters. The standard InChI is InChI=1S/C15H29N3O/c1-6-13(7-2)18-9-8-12(17-18)10-14(16)15(19-5)11(3)4/h8-9,11,13-15H,6-7,10,16H2,1-5H3. The van der Waals surface area contributed by atoms with Gasteiger partial charge in [0.1, 0.15) is 0 Å². The SMILES string of the molecule is CCC(CC)n1ccc(CC(N)C(OC)C(C)C)n1. The zero-order chi connectivity index (χ0) is 14.4. The third-order valence-corrected chi connectivity index (χ3v) is 3.78. The second kappa shape index (κ2) is 7.65. The highest BCUT2D eigenvalue weighted by molar-refractivity contribution is 5.03. The summed E-state index contributed by atoms with van der Waals surface area (Å²) < 4.78 is 7.55. The van der Waals surface area contributed by atoms with E-state index in [2.05, 4.69) is 49.7 Å². The molecule has 1 aromatic rings. The summed E-state index contributed by atoms with van der Waals surface area (Å²) in [6, 6.07) is 2.56. The Labute approximate surface area is 117 Å². The van der Waals surface area contributed by atoms with Crippen molar-refractivity contribution in [1.82, 2.24) is 9.78 Å². The predicted molar refractivity (Wildman–Crippen MR) is 79.2 cm³/mol. The van der Waals surface area contributed by atoms with Gasteiger partial charge >= 0.3 is 0 Å². The minimum atomic E-state index is -0.00458. The van der Waals surface area contributed by atoms with Gasteiger partial charge in [0.25, 0.3) is 0 Å². The Morgan fingerprint density at radius 3 is 2.42 bits per heavy atom. The lowest BCUT2D eigenvalue weighted by Crippen LogP contribution is -2.41. The van der Waals surface area contributed by atoms with Crippen LogP contribution in [0, 0.1) is 5.92 Å². The maximum atomic E-state index is 6.24. The lowest BCUT2D eigenvalue weighted by Gasteiger charge is -2.25. The molecule has 0 saturated heterocycles. The molecule has 0 aliphatic heterocycles. The molecule has 0 saturated carbocycles. The van der Waals surface area contributed by atoms with Crippen molar-refractivity contribution in [3.63, 3.8) is 0 Å². The third kappa shape index (κ3) is 4.32. The Kier molecular flexibility index (Phi) is 6.52. The van der Waals surface area contributed by atoms with Gasteiger partial charge in [0, 0.05) is 25.8 Å². The van der Waals surface area contributed by atoms with E-state index in [9.17, 15) is 0 Å². The molecule has 0 bridgehead atoms. The third-order valence-electron chi connectivity index (χ3n) is 3.78. The number of aromatic nitrogens is 2. The average molecular weight is 267 g/mol. The Balaban J connectivity index is 2.67.